The zero-order chi connectivity index (χ0) is 33.2. The fourth-order valence-electron chi connectivity index (χ4n) is 4.75. The number of nitrogens with one attached hydrogen (secondary N) is 2. The third-order valence-corrected chi connectivity index (χ3v) is 8.70. The van der Waals surface area contributed by atoms with Crippen LogP contribution in [0.15, 0.2) is 91.1 Å². The third-order valence-electron chi connectivity index (χ3n) is 7.05. The molecule has 0 aliphatic heterocycles. The minimum atomic E-state index is -5.81. The number of aromatic carboxylic acids is 1. The second-order valence-electron chi connectivity index (χ2n) is 10.1. The van der Waals surface area contributed by atoms with Gasteiger partial charge in [-0.2, -0.15) is 21.6 Å². The number of aromatic nitrogens is 2. The first-order valence-corrected chi connectivity index (χ1v) is 15.8. The standard InChI is InChI=1S/C32H24Cl2F3N3O5S/c1-2-24(30-38-17-29(39-30)25-13-9-21(33)15-27(25)34)20-5-3-18(4-6-20)19-7-10-22(11-8-19)45-23-12-14-28(26(16-23)31(41)42)40-46(43,44)32(35,36)37/h3-17,24,40H,2H2,1H3,(H,38,39)(H,41,42). The van der Waals surface area contributed by atoms with Gasteiger partial charge in [-0.3, -0.25) is 4.72 Å². The van der Waals surface area contributed by atoms with Gasteiger partial charge in [0.05, 0.1) is 22.0 Å². The van der Waals surface area contributed by atoms with Crippen LogP contribution in [0.5, 0.6) is 11.5 Å². The first kappa shape index (κ1) is 32.9. The van der Waals surface area contributed by atoms with Crippen LogP contribution in [0.3, 0.4) is 0 Å². The summed E-state index contributed by atoms with van der Waals surface area (Å²) in [5.41, 5.74) is -2.74. The summed E-state index contributed by atoms with van der Waals surface area (Å²) in [5.74, 6) is -0.534. The van der Waals surface area contributed by atoms with E-state index >= 15 is 0 Å². The van der Waals surface area contributed by atoms with E-state index in [-0.39, 0.29) is 11.7 Å². The molecule has 0 radical (unpaired) electrons. The second kappa shape index (κ2) is 13.1. The molecule has 0 aliphatic carbocycles. The molecular formula is C32H24Cl2F3N3O5S. The van der Waals surface area contributed by atoms with Crippen molar-refractivity contribution in [3.8, 4) is 33.9 Å². The van der Waals surface area contributed by atoms with Crippen molar-refractivity contribution in [3.63, 3.8) is 0 Å². The molecule has 1 atom stereocenters. The maximum Gasteiger partial charge on any atom is 0.516 e. The average Bonchev–Trinajstić information content (AvgIpc) is 3.48. The maximum atomic E-state index is 12.8. The van der Waals surface area contributed by atoms with E-state index in [1.165, 1.54) is 4.72 Å². The van der Waals surface area contributed by atoms with E-state index < -0.39 is 32.8 Å². The highest BCUT2D eigenvalue weighted by atomic mass is 35.5. The predicted molar refractivity (Wildman–Crippen MR) is 170 cm³/mol. The molecule has 14 heteroatoms. The molecule has 4 aromatic carbocycles. The second-order valence-corrected chi connectivity index (χ2v) is 12.6. The third kappa shape index (κ3) is 7.14. The molecule has 3 N–H and O–H groups in total. The minimum Gasteiger partial charge on any atom is -0.478 e. The first-order chi connectivity index (χ1) is 21.8. The van der Waals surface area contributed by atoms with Gasteiger partial charge in [-0.15, -0.1) is 0 Å². The Balaban J connectivity index is 1.29. The molecule has 8 nitrogen and oxygen atoms in total. The number of alkyl halides is 3. The highest BCUT2D eigenvalue weighted by molar-refractivity contribution is 7.93. The Kier molecular flexibility index (Phi) is 9.34. The van der Waals surface area contributed by atoms with Crippen molar-refractivity contribution in [2.75, 3.05) is 4.72 Å². The van der Waals surface area contributed by atoms with Gasteiger partial charge in [0.1, 0.15) is 17.3 Å². The maximum absolute atomic E-state index is 12.8. The number of nitrogens with zero attached hydrogens (tertiary/aromatic N) is 1. The van der Waals surface area contributed by atoms with E-state index in [9.17, 15) is 31.5 Å². The number of ether oxygens (including phenoxy) is 1. The van der Waals surface area contributed by atoms with Crippen molar-refractivity contribution in [1.29, 1.82) is 0 Å². The molecular weight excluding hydrogens is 666 g/mol. The summed E-state index contributed by atoms with van der Waals surface area (Å²) in [6.07, 6.45) is 2.61. The first-order valence-electron chi connectivity index (χ1n) is 13.6. The number of anilines is 1. The highest BCUT2D eigenvalue weighted by Crippen LogP contribution is 2.34. The molecule has 5 rings (SSSR count). The van der Waals surface area contributed by atoms with Gasteiger partial charge in [-0.25, -0.2) is 9.78 Å². The lowest BCUT2D eigenvalue weighted by molar-refractivity contribution is -0.0429. The van der Waals surface area contributed by atoms with Gasteiger partial charge in [0.15, 0.2) is 0 Å². The predicted octanol–water partition coefficient (Wildman–Crippen LogP) is 9.34. The molecule has 0 amide bonds. The van der Waals surface area contributed by atoms with Gasteiger partial charge >= 0.3 is 21.5 Å². The lowest BCUT2D eigenvalue weighted by atomic mass is 9.93. The fourth-order valence-corrected chi connectivity index (χ4v) is 5.84. The molecule has 1 unspecified atom stereocenters. The van der Waals surface area contributed by atoms with Gasteiger partial charge in [-0.05, 0) is 71.6 Å². The number of carbonyl (C=O) groups is 1. The van der Waals surface area contributed by atoms with Gasteiger partial charge in [0.2, 0.25) is 0 Å². The summed E-state index contributed by atoms with van der Waals surface area (Å²) < 4.78 is 68.1. The molecule has 0 saturated carbocycles. The number of halogens is 5. The van der Waals surface area contributed by atoms with Crippen LogP contribution in [0.4, 0.5) is 18.9 Å². The molecule has 0 bridgehead atoms. The minimum absolute atomic E-state index is 0.00973. The van der Waals surface area contributed by atoms with Crippen LogP contribution in [0.2, 0.25) is 10.0 Å². The average molecular weight is 691 g/mol. The summed E-state index contributed by atoms with van der Waals surface area (Å²) in [5, 5.41) is 10.5. The Morgan fingerprint density at radius 2 is 1.59 bits per heavy atom. The number of rotatable bonds is 10. The molecule has 0 saturated heterocycles. The van der Waals surface area contributed by atoms with Crippen LogP contribution < -0.4 is 9.46 Å². The lowest BCUT2D eigenvalue weighted by Crippen LogP contribution is -2.30. The summed E-state index contributed by atoms with van der Waals surface area (Å²) in [6.45, 7) is 2.07. The number of hydrogen-bond acceptors (Lipinski definition) is 5. The Morgan fingerprint density at radius 3 is 2.17 bits per heavy atom. The molecule has 0 aliphatic rings. The number of H-pyrrole nitrogens is 1. The normalized spacial score (nSPS) is 12.5. The van der Waals surface area contributed by atoms with E-state index in [1.807, 2.05) is 36.5 Å². The summed E-state index contributed by atoms with van der Waals surface area (Å²) in [4.78, 5) is 19.7. The Labute approximate surface area is 271 Å². The number of imidazole rings is 1. The van der Waals surface area contributed by atoms with E-state index in [2.05, 4.69) is 11.9 Å². The number of sulfonamides is 1. The lowest BCUT2D eigenvalue weighted by Gasteiger charge is -2.14. The highest BCUT2D eigenvalue weighted by Gasteiger charge is 2.46. The van der Waals surface area contributed by atoms with Gasteiger partial charge < -0.3 is 14.8 Å². The van der Waals surface area contributed by atoms with Crippen LogP contribution >= 0.6 is 23.2 Å². The Hall–Kier alpha value is -4.52. The number of benzene rings is 4. The SMILES string of the molecule is CCC(c1ccc(-c2ccc(Oc3ccc(NS(=O)(=O)C(F)(F)F)c(C(=O)O)c3)cc2)cc1)c1nc(-c2ccc(Cl)cc2Cl)c[nH]1. The van der Waals surface area contributed by atoms with Gasteiger partial charge in [0, 0.05) is 22.7 Å². The van der Waals surface area contributed by atoms with E-state index in [0.717, 1.165) is 58.4 Å². The molecule has 5 aromatic rings. The zero-order valence-electron chi connectivity index (χ0n) is 23.8. The molecule has 0 fully saturated rings. The molecule has 238 valence electrons. The van der Waals surface area contributed by atoms with E-state index in [0.29, 0.717) is 15.8 Å². The monoisotopic (exact) mass is 689 g/mol. The molecule has 0 spiro atoms. The Morgan fingerprint density at radius 1 is 0.957 bits per heavy atom. The van der Waals surface area contributed by atoms with Crippen molar-refractivity contribution in [3.05, 3.63) is 118 Å². The van der Waals surface area contributed by atoms with Crippen molar-refractivity contribution in [2.45, 2.75) is 24.8 Å². The molecule has 1 heterocycles. The molecule has 46 heavy (non-hydrogen) atoms. The topological polar surface area (TPSA) is 121 Å². The number of carboxylic acid groups (broad SMARTS) is 1. The number of carboxylic acids is 1. The fraction of sp³-hybridized carbons (Fsp3) is 0.125. The number of aromatic amines is 1. The molecule has 1 aromatic heterocycles. The van der Waals surface area contributed by atoms with Crippen LogP contribution in [-0.4, -0.2) is 35.0 Å². The zero-order valence-corrected chi connectivity index (χ0v) is 26.1. The smallest absolute Gasteiger partial charge is 0.478 e. The van der Waals surface area contributed by atoms with Gasteiger partial charge in [-0.1, -0.05) is 66.5 Å². The van der Waals surface area contributed by atoms with Crippen molar-refractivity contribution in [2.24, 2.45) is 0 Å². The van der Waals surface area contributed by atoms with Crippen molar-refractivity contribution >= 4 is 44.9 Å². The van der Waals surface area contributed by atoms with E-state index in [1.54, 1.807) is 36.4 Å². The largest absolute Gasteiger partial charge is 0.516 e. The Bertz CT molecular complexity index is 2000. The number of hydrogen-bond donors (Lipinski definition) is 3. The van der Waals surface area contributed by atoms with Crippen LogP contribution in [0.1, 0.15) is 41.0 Å². The summed E-state index contributed by atoms with van der Waals surface area (Å²) in [6, 6.07) is 23.1. The van der Waals surface area contributed by atoms with Crippen LogP contribution in [0, 0.1) is 0 Å². The van der Waals surface area contributed by atoms with Crippen LogP contribution in [-0.2, 0) is 10.0 Å². The summed E-state index contributed by atoms with van der Waals surface area (Å²) in [7, 11) is -5.81. The van der Waals surface area contributed by atoms with E-state index in [4.69, 9.17) is 32.9 Å². The van der Waals surface area contributed by atoms with Crippen molar-refractivity contribution in [1.82, 2.24) is 9.97 Å². The van der Waals surface area contributed by atoms with Crippen LogP contribution in [0.25, 0.3) is 22.4 Å². The summed E-state index contributed by atoms with van der Waals surface area (Å²) >= 11 is 12.4. The van der Waals surface area contributed by atoms with Crippen molar-refractivity contribution < 1.29 is 36.2 Å². The van der Waals surface area contributed by atoms with Gasteiger partial charge in [0.25, 0.3) is 0 Å². The quantitative estimate of drug-likeness (QED) is 0.134.